The van der Waals surface area contributed by atoms with E-state index >= 15 is 0 Å². The molecule has 0 aromatic heterocycles. The van der Waals surface area contributed by atoms with Crippen LogP contribution in [0, 0.1) is 0 Å². The van der Waals surface area contributed by atoms with Gasteiger partial charge in [-0.2, -0.15) is 0 Å². The Bertz CT molecular complexity index is 472. The quantitative estimate of drug-likeness (QED) is 0.528. The van der Waals surface area contributed by atoms with Gasteiger partial charge in [0.15, 0.2) is 0 Å². The highest BCUT2D eigenvalue weighted by atomic mass is 32.2. The van der Waals surface area contributed by atoms with Gasteiger partial charge in [0.25, 0.3) is 0 Å². The number of carbonyl (C=O) groups is 2. The predicted molar refractivity (Wildman–Crippen MR) is 83.7 cm³/mol. The minimum Gasteiger partial charge on any atom is -0.460 e. The maximum Gasteiger partial charge on any atom is 0.355 e. The van der Waals surface area contributed by atoms with E-state index in [9.17, 15) is 9.59 Å². The van der Waals surface area contributed by atoms with Crippen molar-refractivity contribution >= 4 is 23.6 Å². The maximum absolute atomic E-state index is 12.3. The molecule has 0 aliphatic carbocycles. The average molecular weight is 310 g/mol. The lowest BCUT2D eigenvalue weighted by molar-refractivity contribution is -0.149. The van der Waals surface area contributed by atoms with E-state index in [2.05, 4.69) is 25.3 Å². The smallest absolute Gasteiger partial charge is 0.355 e. The van der Waals surface area contributed by atoms with E-state index in [0.29, 0.717) is 31.0 Å². The Morgan fingerprint density at radius 2 is 2.24 bits per heavy atom. The first-order valence-corrected chi connectivity index (χ1v) is 8.35. The molecule has 2 heterocycles. The molecule has 0 N–H and O–H groups in total. The molecule has 21 heavy (non-hydrogen) atoms. The van der Waals surface area contributed by atoms with Crippen LogP contribution in [0.1, 0.15) is 20.3 Å². The molecule has 5 nitrogen and oxygen atoms in total. The number of ether oxygens (including phenoxy) is 1. The summed E-state index contributed by atoms with van der Waals surface area (Å²) in [6, 6.07) is 0. The van der Waals surface area contributed by atoms with Crippen LogP contribution in [0.3, 0.4) is 0 Å². The number of amides is 1. The largest absolute Gasteiger partial charge is 0.460 e. The lowest BCUT2D eigenvalue weighted by Gasteiger charge is -2.44. The molecular formula is C15H22N2O3S. The first-order chi connectivity index (χ1) is 10.1. The molecule has 1 unspecified atom stereocenters. The highest BCUT2D eigenvalue weighted by Crippen LogP contribution is 2.40. The Morgan fingerprint density at radius 3 is 2.81 bits per heavy atom. The summed E-state index contributed by atoms with van der Waals surface area (Å²) >= 11 is 1.67. The van der Waals surface area contributed by atoms with E-state index in [1.54, 1.807) is 22.7 Å². The van der Waals surface area contributed by atoms with Crippen molar-refractivity contribution < 1.29 is 14.3 Å². The molecule has 0 saturated carbocycles. The third-order valence-corrected chi connectivity index (χ3v) is 5.10. The number of carbonyl (C=O) groups excluding carboxylic acids is 2. The molecule has 1 saturated heterocycles. The van der Waals surface area contributed by atoms with E-state index in [4.69, 9.17) is 4.74 Å². The number of hydrogen-bond acceptors (Lipinski definition) is 5. The van der Waals surface area contributed by atoms with Crippen LogP contribution in [-0.4, -0.2) is 59.0 Å². The van der Waals surface area contributed by atoms with Gasteiger partial charge in [-0.15, -0.1) is 11.8 Å². The topological polar surface area (TPSA) is 49.9 Å². The van der Waals surface area contributed by atoms with Crippen LogP contribution in [0.25, 0.3) is 0 Å². The molecule has 0 spiro atoms. The summed E-state index contributed by atoms with van der Waals surface area (Å²) in [5.41, 5.74) is 1.18. The van der Waals surface area contributed by atoms with Crippen molar-refractivity contribution in [3.63, 3.8) is 0 Å². The standard InChI is InChI=1S/C15H22N2O3S/c1-4-11-10-21-13-9-12(18)17(13)14(11)15(19)20-8-7-16(5-2)6-3/h4,13H,1,5-10H2,2-3H3. The van der Waals surface area contributed by atoms with Crippen molar-refractivity contribution in [3.8, 4) is 0 Å². The third kappa shape index (κ3) is 3.32. The minimum atomic E-state index is -0.407. The lowest BCUT2D eigenvalue weighted by atomic mass is 10.1. The van der Waals surface area contributed by atoms with Crippen LogP contribution in [0.5, 0.6) is 0 Å². The van der Waals surface area contributed by atoms with Gasteiger partial charge in [-0.3, -0.25) is 9.69 Å². The zero-order valence-corrected chi connectivity index (χ0v) is 13.4. The average Bonchev–Trinajstić information content (AvgIpc) is 2.49. The summed E-state index contributed by atoms with van der Waals surface area (Å²) in [6.45, 7) is 10.8. The van der Waals surface area contributed by atoms with Crippen molar-refractivity contribution in [3.05, 3.63) is 23.9 Å². The van der Waals surface area contributed by atoms with Crippen LogP contribution < -0.4 is 0 Å². The highest BCUT2D eigenvalue weighted by molar-refractivity contribution is 8.00. The summed E-state index contributed by atoms with van der Waals surface area (Å²) in [7, 11) is 0. The van der Waals surface area contributed by atoms with Gasteiger partial charge in [0, 0.05) is 12.3 Å². The van der Waals surface area contributed by atoms with Crippen molar-refractivity contribution in [2.75, 3.05) is 32.0 Å². The molecule has 2 aliphatic rings. The molecule has 1 fully saturated rings. The van der Waals surface area contributed by atoms with E-state index in [1.165, 1.54) is 0 Å². The molecule has 0 bridgehead atoms. The summed E-state index contributed by atoms with van der Waals surface area (Å²) in [5.74, 6) is 0.288. The van der Waals surface area contributed by atoms with Gasteiger partial charge in [-0.25, -0.2) is 4.79 Å². The number of nitrogens with zero attached hydrogens (tertiary/aromatic N) is 2. The first-order valence-electron chi connectivity index (χ1n) is 7.31. The van der Waals surface area contributed by atoms with Crippen molar-refractivity contribution in [2.45, 2.75) is 25.6 Å². The van der Waals surface area contributed by atoms with E-state index in [1.807, 2.05) is 0 Å². The van der Waals surface area contributed by atoms with Gasteiger partial charge in [0.2, 0.25) is 5.91 Å². The molecular weight excluding hydrogens is 288 g/mol. The molecule has 0 aromatic rings. The van der Waals surface area contributed by atoms with Crippen LogP contribution in [-0.2, 0) is 14.3 Å². The van der Waals surface area contributed by atoms with Gasteiger partial charge in [-0.05, 0) is 18.7 Å². The van der Waals surface area contributed by atoms with Gasteiger partial charge in [-0.1, -0.05) is 26.5 Å². The van der Waals surface area contributed by atoms with Crippen LogP contribution in [0.4, 0.5) is 0 Å². The van der Waals surface area contributed by atoms with Crippen LogP contribution in [0.15, 0.2) is 23.9 Å². The molecule has 0 radical (unpaired) electrons. The summed E-state index contributed by atoms with van der Waals surface area (Å²) in [6.07, 6.45) is 2.15. The molecule has 2 rings (SSSR count). The minimum absolute atomic E-state index is 0.0118. The fourth-order valence-corrected chi connectivity index (χ4v) is 3.72. The SMILES string of the molecule is C=CC1=C(C(=O)OCCN(CC)CC)N2C(=O)CC2SC1. The zero-order chi connectivity index (χ0) is 15.4. The number of allylic oxidation sites excluding steroid dienone is 1. The second-order valence-corrected chi connectivity index (χ2v) is 6.14. The van der Waals surface area contributed by atoms with E-state index < -0.39 is 5.97 Å². The number of rotatable bonds is 7. The predicted octanol–water partition coefficient (Wildman–Crippen LogP) is 1.62. The number of thioether (sulfide) groups is 1. The Balaban J connectivity index is 2.00. The second kappa shape index (κ2) is 7.13. The van der Waals surface area contributed by atoms with Gasteiger partial charge < -0.3 is 9.64 Å². The number of hydrogen-bond donors (Lipinski definition) is 0. The Kier molecular flexibility index (Phi) is 5.47. The van der Waals surface area contributed by atoms with Crippen LogP contribution in [0.2, 0.25) is 0 Å². The van der Waals surface area contributed by atoms with Crippen molar-refractivity contribution in [2.24, 2.45) is 0 Å². The fraction of sp³-hybridized carbons (Fsp3) is 0.600. The third-order valence-electron chi connectivity index (χ3n) is 3.86. The number of β-lactam (4-membered cyclic amide) rings is 1. The lowest BCUT2D eigenvalue weighted by Crippen LogP contribution is -2.54. The Morgan fingerprint density at radius 1 is 1.52 bits per heavy atom. The molecule has 1 amide bonds. The number of fused-ring (bicyclic) bond motifs is 1. The molecule has 6 heteroatoms. The Labute approximate surface area is 130 Å². The molecule has 1 atom stereocenters. The van der Waals surface area contributed by atoms with Crippen LogP contribution >= 0.6 is 11.8 Å². The second-order valence-electron chi connectivity index (χ2n) is 4.97. The van der Waals surface area contributed by atoms with E-state index in [0.717, 1.165) is 18.7 Å². The maximum atomic E-state index is 12.3. The van der Waals surface area contributed by atoms with Crippen molar-refractivity contribution in [1.82, 2.24) is 9.80 Å². The zero-order valence-electron chi connectivity index (χ0n) is 12.6. The number of likely N-dealkylation sites (N-methyl/N-ethyl adjacent to an activating group) is 1. The van der Waals surface area contributed by atoms with E-state index in [-0.39, 0.29) is 11.3 Å². The summed E-state index contributed by atoms with van der Waals surface area (Å²) < 4.78 is 5.36. The fourth-order valence-electron chi connectivity index (χ4n) is 2.46. The van der Waals surface area contributed by atoms with Crippen molar-refractivity contribution in [1.29, 1.82) is 0 Å². The highest BCUT2D eigenvalue weighted by Gasteiger charge is 2.45. The molecule has 2 aliphatic heterocycles. The molecule has 116 valence electrons. The normalized spacial score (nSPS) is 21.2. The van der Waals surface area contributed by atoms with Gasteiger partial charge in [0.05, 0.1) is 11.8 Å². The molecule has 0 aromatic carbocycles. The monoisotopic (exact) mass is 310 g/mol. The number of esters is 1. The van der Waals surface area contributed by atoms with Gasteiger partial charge >= 0.3 is 5.97 Å². The first kappa shape index (κ1) is 16.1. The Hall–Kier alpha value is -1.27. The van der Waals surface area contributed by atoms with Gasteiger partial charge in [0.1, 0.15) is 12.3 Å². The summed E-state index contributed by atoms with van der Waals surface area (Å²) in [5, 5.41) is 0.0894. The summed E-state index contributed by atoms with van der Waals surface area (Å²) in [4.78, 5) is 27.8.